The fourth-order valence-corrected chi connectivity index (χ4v) is 4.12. The maximum absolute atomic E-state index is 12.6. The van der Waals surface area contributed by atoms with Crippen LogP contribution in [0.5, 0.6) is 0 Å². The number of sulfonamides is 1. The molecule has 2 rings (SSSR count). The summed E-state index contributed by atoms with van der Waals surface area (Å²) in [5, 5.41) is 0. The van der Waals surface area contributed by atoms with Crippen LogP contribution >= 0.6 is 0 Å². The molecular weight excluding hydrogens is 284 g/mol. The number of aromatic nitrogens is 1. The monoisotopic (exact) mass is 306 g/mol. The average Bonchev–Trinajstić information content (AvgIpc) is 2.66. The number of hydrogen-bond acceptors (Lipinski definition) is 2. The highest BCUT2D eigenvalue weighted by Gasteiger charge is 2.20. The fraction of sp³-hybridized carbons (Fsp3) is 0.375. The predicted octanol–water partition coefficient (Wildman–Crippen LogP) is 2.74. The maximum Gasteiger partial charge on any atom is 0.241 e. The summed E-state index contributed by atoms with van der Waals surface area (Å²) >= 11 is 0. The van der Waals surface area contributed by atoms with Crippen molar-refractivity contribution in [2.75, 3.05) is 0 Å². The normalized spacial score (nSPS) is 11.9. The summed E-state index contributed by atoms with van der Waals surface area (Å²) < 4.78 is 29.8. The van der Waals surface area contributed by atoms with Gasteiger partial charge in [-0.1, -0.05) is 17.7 Å². The van der Waals surface area contributed by atoms with Crippen molar-refractivity contribution < 1.29 is 8.42 Å². The first-order valence-corrected chi connectivity index (χ1v) is 8.39. The van der Waals surface area contributed by atoms with Crippen LogP contribution in [0.3, 0.4) is 0 Å². The number of aryl methyl sites for hydroxylation is 4. The molecular formula is C16H22N2O2S. The lowest BCUT2D eigenvalue weighted by Crippen LogP contribution is -2.26. The number of hydrogen-bond donors (Lipinski definition) is 1. The van der Waals surface area contributed by atoms with Gasteiger partial charge in [-0.3, -0.25) is 0 Å². The van der Waals surface area contributed by atoms with E-state index in [1.54, 1.807) is 0 Å². The van der Waals surface area contributed by atoms with Gasteiger partial charge in [-0.25, -0.2) is 13.1 Å². The Morgan fingerprint density at radius 3 is 2.10 bits per heavy atom. The molecule has 114 valence electrons. The lowest BCUT2D eigenvalue weighted by atomic mass is 10.1. The van der Waals surface area contributed by atoms with Crippen LogP contribution < -0.4 is 4.72 Å². The Balaban J connectivity index is 2.29. The molecule has 0 bridgehead atoms. The van der Waals surface area contributed by atoms with Crippen LogP contribution in [0.1, 0.15) is 28.1 Å². The Hall–Kier alpha value is -1.59. The van der Waals surface area contributed by atoms with E-state index in [-0.39, 0.29) is 0 Å². The van der Waals surface area contributed by atoms with Gasteiger partial charge in [0.25, 0.3) is 0 Å². The van der Waals surface area contributed by atoms with E-state index in [9.17, 15) is 8.42 Å². The molecule has 0 amide bonds. The first-order chi connectivity index (χ1) is 9.72. The van der Waals surface area contributed by atoms with Crippen LogP contribution in [-0.2, 0) is 23.6 Å². The molecule has 0 atom stereocenters. The molecule has 0 saturated carbocycles. The molecule has 0 fully saturated rings. The molecule has 2 aromatic rings. The standard InChI is InChI=1S/C16H22N2O2S/c1-11-8-12(2)16(13(3)9-11)21(19,20)17-10-15-7-6-14(4)18(15)5/h6-9,17H,10H2,1-5H3. The SMILES string of the molecule is Cc1cc(C)c(S(=O)(=O)NCc2ccc(C)n2C)c(C)c1. The van der Waals surface area contributed by atoms with Crippen LogP contribution in [-0.4, -0.2) is 13.0 Å². The molecule has 4 nitrogen and oxygen atoms in total. The Kier molecular flexibility index (Phi) is 4.25. The average molecular weight is 306 g/mol. The summed E-state index contributed by atoms with van der Waals surface area (Å²) in [5.74, 6) is 0. The molecule has 0 aliphatic rings. The number of rotatable bonds is 4. The van der Waals surface area contributed by atoms with Gasteiger partial charge in [-0.2, -0.15) is 0 Å². The lowest BCUT2D eigenvalue weighted by molar-refractivity contribution is 0.577. The summed E-state index contributed by atoms with van der Waals surface area (Å²) in [4.78, 5) is 0.388. The topological polar surface area (TPSA) is 51.1 Å². The second-order valence-electron chi connectivity index (χ2n) is 5.58. The number of benzene rings is 1. The summed E-state index contributed by atoms with van der Waals surface area (Å²) in [6, 6.07) is 7.71. The van der Waals surface area contributed by atoms with Crippen molar-refractivity contribution in [3.05, 3.63) is 52.3 Å². The zero-order valence-electron chi connectivity index (χ0n) is 13.2. The second-order valence-corrected chi connectivity index (χ2v) is 7.28. The van der Waals surface area contributed by atoms with Crippen LogP contribution in [0, 0.1) is 27.7 Å². The van der Waals surface area contributed by atoms with Gasteiger partial charge in [-0.05, 0) is 51.0 Å². The fourth-order valence-electron chi connectivity index (χ4n) is 2.68. The first kappa shape index (κ1) is 15.8. The molecule has 0 aliphatic heterocycles. The molecule has 0 saturated heterocycles. The van der Waals surface area contributed by atoms with Crippen LogP contribution in [0.4, 0.5) is 0 Å². The minimum atomic E-state index is -3.51. The Morgan fingerprint density at radius 1 is 1.05 bits per heavy atom. The highest BCUT2D eigenvalue weighted by molar-refractivity contribution is 7.89. The smallest absolute Gasteiger partial charge is 0.241 e. The van der Waals surface area contributed by atoms with Gasteiger partial charge in [0.1, 0.15) is 0 Å². The summed E-state index contributed by atoms with van der Waals surface area (Å²) in [6.07, 6.45) is 0. The zero-order valence-corrected chi connectivity index (χ0v) is 14.0. The highest BCUT2D eigenvalue weighted by Crippen LogP contribution is 2.21. The van der Waals surface area contributed by atoms with Crippen molar-refractivity contribution in [1.82, 2.24) is 9.29 Å². The quantitative estimate of drug-likeness (QED) is 0.944. The summed E-state index contributed by atoms with van der Waals surface area (Å²) in [5.41, 5.74) is 4.68. The molecule has 0 radical (unpaired) electrons. The van der Waals surface area contributed by atoms with Gasteiger partial charge >= 0.3 is 0 Å². The third kappa shape index (κ3) is 3.19. The Labute approximate surface area is 126 Å². The van der Waals surface area contributed by atoms with Crippen molar-refractivity contribution in [3.8, 4) is 0 Å². The number of nitrogens with one attached hydrogen (secondary N) is 1. The van der Waals surface area contributed by atoms with E-state index < -0.39 is 10.0 Å². The molecule has 1 aromatic carbocycles. The molecule has 0 aliphatic carbocycles. The third-order valence-electron chi connectivity index (χ3n) is 3.79. The van der Waals surface area contributed by atoms with E-state index in [2.05, 4.69) is 4.72 Å². The van der Waals surface area contributed by atoms with Crippen molar-refractivity contribution >= 4 is 10.0 Å². The van der Waals surface area contributed by atoms with E-state index in [0.717, 1.165) is 28.1 Å². The van der Waals surface area contributed by atoms with E-state index in [1.165, 1.54) is 0 Å². The molecule has 1 N–H and O–H groups in total. The molecule has 1 heterocycles. The first-order valence-electron chi connectivity index (χ1n) is 6.91. The molecule has 5 heteroatoms. The van der Waals surface area contributed by atoms with Gasteiger partial charge in [-0.15, -0.1) is 0 Å². The van der Waals surface area contributed by atoms with Gasteiger partial charge in [0.15, 0.2) is 0 Å². The van der Waals surface area contributed by atoms with Crippen molar-refractivity contribution in [2.24, 2.45) is 7.05 Å². The van der Waals surface area contributed by atoms with Crippen molar-refractivity contribution in [2.45, 2.75) is 39.1 Å². The minimum absolute atomic E-state index is 0.291. The molecule has 0 unspecified atom stereocenters. The van der Waals surface area contributed by atoms with Gasteiger partial charge in [0, 0.05) is 18.4 Å². The van der Waals surface area contributed by atoms with Crippen molar-refractivity contribution in [1.29, 1.82) is 0 Å². The molecule has 21 heavy (non-hydrogen) atoms. The lowest BCUT2D eigenvalue weighted by Gasteiger charge is -2.13. The second kappa shape index (κ2) is 5.66. The summed E-state index contributed by atoms with van der Waals surface area (Å²) in [7, 11) is -1.58. The van der Waals surface area contributed by atoms with Gasteiger partial charge in [0.2, 0.25) is 10.0 Å². The van der Waals surface area contributed by atoms with E-state index in [1.807, 2.05) is 63.6 Å². The van der Waals surface area contributed by atoms with Crippen molar-refractivity contribution in [3.63, 3.8) is 0 Å². The number of nitrogens with zero attached hydrogens (tertiary/aromatic N) is 1. The van der Waals surface area contributed by atoms with Crippen LogP contribution in [0.2, 0.25) is 0 Å². The highest BCUT2D eigenvalue weighted by atomic mass is 32.2. The van der Waals surface area contributed by atoms with Gasteiger partial charge < -0.3 is 4.57 Å². The van der Waals surface area contributed by atoms with E-state index in [4.69, 9.17) is 0 Å². The Morgan fingerprint density at radius 2 is 1.62 bits per heavy atom. The largest absolute Gasteiger partial charge is 0.351 e. The van der Waals surface area contributed by atoms with E-state index in [0.29, 0.717) is 11.4 Å². The maximum atomic E-state index is 12.6. The summed E-state index contributed by atoms with van der Waals surface area (Å²) in [6.45, 7) is 7.92. The molecule has 0 spiro atoms. The minimum Gasteiger partial charge on any atom is -0.351 e. The van der Waals surface area contributed by atoms with Gasteiger partial charge in [0.05, 0.1) is 11.4 Å². The van der Waals surface area contributed by atoms with Crippen LogP contribution in [0.15, 0.2) is 29.2 Å². The van der Waals surface area contributed by atoms with Crippen LogP contribution in [0.25, 0.3) is 0 Å². The zero-order chi connectivity index (χ0) is 15.8. The predicted molar refractivity (Wildman–Crippen MR) is 84.8 cm³/mol. The third-order valence-corrected chi connectivity index (χ3v) is 5.50. The molecule has 1 aromatic heterocycles. The Bertz CT molecular complexity index is 751. The van der Waals surface area contributed by atoms with E-state index >= 15 is 0 Å².